The van der Waals surface area contributed by atoms with Crippen LogP contribution in [-0.2, 0) is 0 Å². The van der Waals surface area contributed by atoms with Gasteiger partial charge >= 0.3 is 0 Å². The van der Waals surface area contributed by atoms with Gasteiger partial charge in [-0.15, -0.1) is 0 Å². The number of nitrogens with zero attached hydrogens (tertiary/aromatic N) is 1. The van der Waals surface area contributed by atoms with Gasteiger partial charge < -0.3 is 10.0 Å². The number of aliphatic hydroxyl groups is 1. The Morgan fingerprint density at radius 3 is 2.68 bits per heavy atom. The molecular formula is C16H24ClNO. The molecule has 3 atom stereocenters. The summed E-state index contributed by atoms with van der Waals surface area (Å²) >= 11 is 5.86. The third-order valence-electron chi connectivity index (χ3n) is 4.45. The molecule has 1 aromatic carbocycles. The van der Waals surface area contributed by atoms with Crippen LogP contribution in [0.3, 0.4) is 0 Å². The van der Waals surface area contributed by atoms with Crippen LogP contribution in [-0.4, -0.2) is 29.1 Å². The first-order chi connectivity index (χ1) is 9.08. The van der Waals surface area contributed by atoms with E-state index in [1.165, 1.54) is 19.4 Å². The van der Waals surface area contributed by atoms with E-state index in [0.717, 1.165) is 29.5 Å². The molecular weight excluding hydrogens is 258 g/mol. The van der Waals surface area contributed by atoms with Crippen molar-refractivity contribution in [3.63, 3.8) is 0 Å². The zero-order valence-corrected chi connectivity index (χ0v) is 12.6. The number of hydrogen-bond acceptors (Lipinski definition) is 2. The summed E-state index contributed by atoms with van der Waals surface area (Å²) in [5, 5.41) is 10.9. The van der Waals surface area contributed by atoms with Crippen LogP contribution >= 0.6 is 11.6 Å². The Kier molecular flexibility index (Phi) is 5.26. The highest BCUT2D eigenvalue weighted by molar-refractivity contribution is 6.30. The second kappa shape index (κ2) is 6.74. The minimum absolute atomic E-state index is 0.387. The van der Waals surface area contributed by atoms with E-state index in [1.54, 1.807) is 0 Å². The maximum atomic E-state index is 10.2. The summed E-state index contributed by atoms with van der Waals surface area (Å²) in [6, 6.07) is 8.13. The van der Waals surface area contributed by atoms with E-state index < -0.39 is 0 Å². The molecule has 1 aliphatic heterocycles. The molecule has 19 heavy (non-hydrogen) atoms. The molecule has 1 aromatic rings. The number of likely N-dealkylation sites (tertiary alicyclic amines) is 1. The van der Waals surface area contributed by atoms with E-state index >= 15 is 0 Å². The molecule has 0 amide bonds. The van der Waals surface area contributed by atoms with E-state index in [1.807, 2.05) is 24.3 Å². The average Bonchev–Trinajstić information content (AvgIpc) is 2.41. The Balaban J connectivity index is 1.86. The number of benzene rings is 1. The van der Waals surface area contributed by atoms with Crippen LogP contribution in [0.5, 0.6) is 0 Å². The summed E-state index contributed by atoms with van der Waals surface area (Å²) in [5.74, 6) is 0.765. The monoisotopic (exact) mass is 281 g/mol. The SMILES string of the molecule is CC1CCCN(CCC(O)c2ccc(Cl)cc2)C1C. The second-order valence-corrected chi connectivity index (χ2v) is 6.19. The lowest BCUT2D eigenvalue weighted by Gasteiger charge is -2.38. The minimum atomic E-state index is -0.387. The summed E-state index contributed by atoms with van der Waals surface area (Å²) < 4.78 is 0. The first-order valence-electron chi connectivity index (χ1n) is 7.25. The zero-order valence-electron chi connectivity index (χ0n) is 11.8. The molecule has 0 aromatic heterocycles. The first kappa shape index (κ1) is 14.8. The van der Waals surface area contributed by atoms with Crippen molar-refractivity contribution in [3.8, 4) is 0 Å². The highest BCUT2D eigenvalue weighted by Crippen LogP contribution is 2.25. The molecule has 0 bridgehead atoms. The van der Waals surface area contributed by atoms with Crippen LogP contribution in [0.15, 0.2) is 24.3 Å². The van der Waals surface area contributed by atoms with Gasteiger partial charge in [-0.1, -0.05) is 30.7 Å². The molecule has 1 fully saturated rings. The summed E-state index contributed by atoms with van der Waals surface area (Å²) in [6.07, 6.45) is 3.01. The Morgan fingerprint density at radius 1 is 1.32 bits per heavy atom. The van der Waals surface area contributed by atoms with E-state index in [4.69, 9.17) is 11.6 Å². The summed E-state index contributed by atoms with van der Waals surface area (Å²) in [6.45, 7) is 6.76. The number of rotatable bonds is 4. The number of hydrogen-bond donors (Lipinski definition) is 1. The van der Waals surface area contributed by atoms with Gasteiger partial charge in [0.15, 0.2) is 0 Å². The largest absolute Gasteiger partial charge is 0.388 e. The van der Waals surface area contributed by atoms with E-state index in [-0.39, 0.29) is 6.10 Å². The summed E-state index contributed by atoms with van der Waals surface area (Å²) in [4.78, 5) is 2.51. The molecule has 1 aliphatic rings. The standard InChI is InChI=1S/C16H24ClNO/c1-12-4-3-10-18(13(12)2)11-9-16(19)14-5-7-15(17)8-6-14/h5-8,12-13,16,19H,3-4,9-11H2,1-2H3. The fourth-order valence-corrected chi connectivity index (χ4v) is 3.00. The molecule has 106 valence electrons. The maximum absolute atomic E-state index is 10.2. The van der Waals surface area contributed by atoms with Gasteiger partial charge in [-0.2, -0.15) is 0 Å². The fraction of sp³-hybridized carbons (Fsp3) is 0.625. The normalized spacial score (nSPS) is 26.3. The summed E-state index contributed by atoms with van der Waals surface area (Å²) in [7, 11) is 0. The van der Waals surface area contributed by atoms with Crippen molar-refractivity contribution in [2.75, 3.05) is 13.1 Å². The zero-order chi connectivity index (χ0) is 13.8. The first-order valence-corrected chi connectivity index (χ1v) is 7.63. The lowest BCUT2D eigenvalue weighted by molar-refractivity contribution is 0.0840. The van der Waals surface area contributed by atoms with Crippen molar-refractivity contribution in [1.82, 2.24) is 4.90 Å². The highest BCUT2D eigenvalue weighted by Gasteiger charge is 2.24. The van der Waals surface area contributed by atoms with E-state index in [9.17, 15) is 5.11 Å². The molecule has 0 radical (unpaired) electrons. The topological polar surface area (TPSA) is 23.5 Å². The average molecular weight is 282 g/mol. The predicted octanol–water partition coefficient (Wildman–Crippen LogP) is 3.88. The van der Waals surface area contributed by atoms with E-state index in [2.05, 4.69) is 18.7 Å². The van der Waals surface area contributed by atoms with Gasteiger partial charge in [-0.05, 0) is 56.3 Å². The highest BCUT2D eigenvalue weighted by atomic mass is 35.5. The van der Waals surface area contributed by atoms with Gasteiger partial charge in [0.1, 0.15) is 0 Å². The van der Waals surface area contributed by atoms with Gasteiger partial charge in [0.05, 0.1) is 6.10 Å². The number of halogens is 1. The fourth-order valence-electron chi connectivity index (χ4n) is 2.88. The van der Waals surface area contributed by atoms with Crippen molar-refractivity contribution in [3.05, 3.63) is 34.9 Å². The molecule has 3 unspecified atom stereocenters. The molecule has 2 nitrogen and oxygen atoms in total. The molecule has 0 spiro atoms. The Morgan fingerprint density at radius 2 is 2.00 bits per heavy atom. The molecule has 0 saturated carbocycles. The van der Waals surface area contributed by atoms with Gasteiger partial charge in [0.25, 0.3) is 0 Å². The molecule has 1 saturated heterocycles. The van der Waals surface area contributed by atoms with Crippen LogP contribution < -0.4 is 0 Å². The smallest absolute Gasteiger partial charge is 0.0802 e. The van der Waals surface area contributed by atoms with Crippen LogP contribution in [0.1, 0.15) is 44.8 Å². The second-order valence-electron chi connectivity index (χ2n) is 5.75. The van der Waals surface area contributed by atoms with Crippen LogP contribution in [0, 0.1) is 5.92 Å². The van der Waals surface area contributed by atoms with Crippen LogP contribution in [0.25, 0.3) is 0 Å². The lowest BCUT2D eigenvalue weighted by atomic mass is 9.91. The van der Waals surface area contributed by atoms with Crippen LogP contribution in [0.4, 0.5) is 0 Å². The lowest BCUT2D eigenvalue weighted by Crippen LogP contribution is -2.43. The van der Waals surface area contributed by atoms with Crippen molar-refractivity contribution >= 4 is 11.6 Å². The minimum Gasteiger partial charge on any atom is -0.388 e. The molecule has 0 aliphatic carbocycles. The van der Waals surface area contributed by atoms with Crippen molar-refractivity contribution < 1.29 is 5.11 Å². The van der Waals surface area contributed by atoms with Gasteiger partial charge in [0, 0.05) is 17.6 Å². The third kappa shape index (κ3) is 3.95. The molecule has 1 heterocycles. The molecule has 1 N–H and O–H groups in total. The van der Waals surface area contributed by atoms with Gasteiger partial charge in [-0.25, -0.2) is 0 Å². The maximum Gasteiger partial charge on any atom is 0.0802 e. The molecule has 3 heteroatoms. The summed E-state index contributed by atoms with van der Waals surface area (Å²) in [5.41, 5.74) is 0.960. The number of aliphatic hydroxyl groups excluding tert-OH is 1. The molecule has 2 rings (SSSR count). The quantitative estimate of drug-likeness (QED) is 0.905. The third-order valence-corrected chi connectivity index (χ3v) is 4.70. The van der Waals surface area contributed by atoms with Gasteiger partial charge in [0.2, 0.25) is 0 Å². The number of piperidine rings is 1. The van der Waals surface area contributed by atoms with Crippen molar-refractivity contribution in [1.29, 1.82) is 0 Å². The Labute approximate surface area is 121 Å². The van der Waals surface area contributed by atoms with E-state index in [0.29, 0.717) is 6.04 Å². The Bertz CT molecular complexity index is 392. The van der Waals surface area contributed by atoms with Crippen molar-refractivity contribution in [2.45, 2.75) is 45.3 Å². The Hall–Kier alpha value is -0.570. The van der Waals surface area contributed by atoms with Gasteiger partial charge in [-0.3, -0.25) is 0 Å². The predicted molar refractivity (Wildman–Crippen MR) is 80.5 cm³/mol. The van der Waals surface area contributed by atoms with Crippen LogP contribution in [0.2, 0.25) is 5.02 Å². The van der Waals surface area contributed by atoms with Crippen molar-refractivity contribution in [2.24, 2.45) is 5.92 Å².